The molecule has 0 fully saturated rings. The largest absolute Gasteiger partial charge is 0.444 e. The number of aromatic nitrogens is 2. The van der Waals surface area contributed by atoms with E-state index >= 15 is 0 Å². The molecule has 1 amide bonds. The monoisotopic (exact) mass is 266 g/mol. The molecule has 0 radical (unpaired) electrons. The number of H-pyrrole nitrogens is 1. The number of aromatic amines is 1. The number of hydrogen-bond acceptors (Lipinski definition) is 4. The Morgan fingerprint density at radius 3 is 3.00 bits per heavy atom. The number of alkyl carbamates (subject to hydrolysis) is 1. The number of imidazole rings is 1. The van der Waals surface area contributed by atoms with Crippen LogP contribution in [0.3, 0.4) is 0 Å². The first-order valence-corrected chi connectivity index (χ1v) is 6.55. The molecule has 2 rings (SSSR count). The van der Waals surface area contributed by atoms with E-state index in [0.717, 1.165) is 24.4 Å². The van der Waals surface area contributed by atoms with E-state index in [4.69, 9.17) is 4.74 Å². The molecule has 0 spiro atoms. The molecule has 1 atom stereocenters. The first-order chi connectivity index (χ1) is 8.80. The fourth-order valence-electron chi connectivity index (χ4n) is 2.24. The molecule has 6 nitrogen and oxygen atoms in total. The van der Waals surface area contributed by atoms with Gasteiger partial charge in [0.15, 0.2) is 0 Å². The van der Waals surface area contributed by atoms with Gasteiger partial charge in [-0.05, 0) is 27.7 Å². The molecule has 6 heteroatoms. The summed E-state index contributed by atoms with van der Waals surface area (Å²) in [7, 11) is 0. The molecule has 0 aliphatic carbocycles. The fraction of sp³-hybridized carbons (Fsp3) is 0.692. The van der Waals surface area contributed by atoms with Gasteiger partial charge < -0.3 is 20.4 Å². The first kappa shape index (κ1) is 13.9. The highest BCUT2D eigenvalue weighted by Crippen LogP contribution is 2.24. The zero-order valence-electron chi connectivity index (χ0n) is 12.0. The number of amides is 1. The predicted molar refractivity (Wildman–Crippen MR) is 71.9 cm³/mol. The molecule has 1 aromatic heterocycles. The van der Waals surface area contributed by atoms with Gasteiger partial charge in [-0.1, -0.05) is 0 Å². The highest BCUT2D eigenvalue weighted by atomic mass is 16.6. The molecular weight excluding hydrogens is 244 g/mol. The zero-order chi connectivity index (χ0) is 14.1. The standard InChI is InChI=1S/C13H22N4O2/c1-12(2,3)19-11(18)14-7-13(4)10-9(5-6-17-13)15-8-16-10/h8,17H,5-7H2,1-4H3,(H,14,18)(H,15,16). The van der Waals surface area contributed by atoms with Gasteiger partial charge in [0, 0.05) is 25.2 Å². The third-order valence-electron chi connectivity index (χ3n) is 3.12. The summed E-state index contributed by atoms with van der Waals surface area (Å²) in [5, 5.41) is 6.21. The number of carbonyl (C=O) groups excluding carboxylic acids is 1. The number of ether oxygens (including phenoxy) is 1. The van der Waals surface area contributed by atoms with Crippen LogP contribution in [0.5, 0.6) is 0 Å². The third-order valence-corrected chi connectivity index (χ3v) is 3.12. The van der Waals surface area contributed by atoms with Crippen molar-refractivity contribution in [1.82, 2.24) is 20.6 Å². The maximum atomic E-state index is 11.7. The summed E-state index contributed by atoms with van der Waals surface area (Å²) in [6.07, 6.45) is 2.22. The second-order valence-electron chi connectivity index (χ2n) is 6.09. The van der Waals surface area contributed by atoms with Crippen LogP contribution in [0.15, 0.2) is 6.33 Å². The Morgan fingerprint density at radius 1 is 1.58 bits per heavy atom. The van der Waals surface area contributed by atoms with E-state index in [1.165, 1.54) is 0 Å². The molecule has 1 aliphatic heterocycles. The van der Waals surface area contributed by atoms with E-state index in [1.54, 1.807) is 6.33 Å². The highest BCUT2D eigenvalue weighted by molar-refractivity contribution is 5.67. The molecule has 3 N–H and O–H groups in total. The van der Waals surface area contributed by atoms with Crippen molar-refractivity contribution in [2.24, 2.45) is 0 Å². The normalized spacial score (nSPS) is 22.7. The van der Waals surface area contributed by atoms with E-state index in [2.05, 4.69) is 20.6 Å². The van der Waals surface area contributed by atoms with Crippen molar-refractivity contribution in [2.75, 3.05) is 13.1 Å². The Hall–Kier alpha value is -1.56. The SMILES string of the molecule is CC(C)(C)OC(=O)NCC1(C)NCCc2[nH]cnc21. The number of nitrogens with zero attached hydrogens (tertiary/aromatic N) is 1. The molecule has 19 heavy (non-hydrogen) atoms. The van der Waals surface area contributed by atoms with Crippen molar-refractivity contribution in [3.05, 3.63) is 17.7 Å². The Morgan fingerprint density at radius 2 is 2.32 bits per heavy atom. The maximum absolute atomic E-state index is 11.7. The van der Waals surface area contributed by atoms with Crippen LogP contribution in [0, 0.1) is 0 Å². The van der Waals surface area contributed by atoms with Crippen molar-refractivity contribution < 1.29 is 9.53 Å². The molecule has 1 aliphatic rings. The number of rotatable bonds is 2. The summed E-state index contributed by atoms with van der Waals surface area (Å²) < 4.78 is 5.24. The molecule has 2 heterocycles. The predicted octanol–water partition coefficient (Wildman–Crippen LogP) is 1.30. The third kappa shape index (κ3) is 3.26. The molecule has 1 unspecified atom stereocenters. The van der Waals surface area contributed by atoms with Crippen LogP contribution in [-0.4, -0.2) is 34.8 Å². The van der Waals surface area contributed by atoms with Crippen molar-refractivity contribution in [3.63, 3.8) is 0 Å². The highest BCUT2D eigenvalue weighted by Gasteiger charge is 2.34. The van der Waals surface area contributed by atoms with Gasteiger partial charge in [0.25, 0.3) is 0 Å². The van der Waals surface area contributed by atoms with Crippen LogP contribution < -0.4 is 10.6 Å². The van der Waals surface area contributed by atoms with E-state index in [9.17, 15) is 4.79 Å². The van der Waals surface area contributed by atoms with Gasteiger partial charge in [-0.2, -0.15) is 0 Å². The Labute approximate surface area is 113 Å². The first-order valence-electron chi connectivity index (χ1n) is 6.55. The maximum Gasteiger partial charge on any atom is 0.407 e. The second kappa shape index (κ2) is 4.85. The lowest BCUT2D eigenvalue weighted by molar-refractivity contribution is 0.0509. The molecule has 106 valence electrons. The van der Waals surface area contributed by atoms with Gasteiger partial charge >= 0.3 is 6.09 Å². The fourth-order valence-corrected chi connectivity index (χ4v) is 2.24. The van der Waals surface area contributed by atoms with E-state index in [1.807, 2.05) is 27.7 Å². The minimum absolute atomic E-state index is 0.357. The Bertz CT molecular complexity index is 463. The molecule has 0 aromatic carbocycles. The van der Waals surface area contributed by atoms with Gasteiger partial charge in [-0.3, -0.25) is 0 Å². The van der Waals surface area contributed by atoms with Crippen LogP contribution in [0.25, 0.3) is 0 Å². The zero-order valence-corrected chi connectivity index (χ0v) is 12.0. The molecule has 1 aromatic rings. The van der Waals surface area contributed by atoms with Gasteiger partial charge in [0.1, 0.15) is 5.60 Å². The number of hydrogen-bond donors (Lipinski definition) is 3. The minimum atomic E-state index is -0.484. The van der Waals surface area contributed by atoms with E-state index in [0.29, 0.717) is 6.54 Å². The average Bonchev–Trinajstić information content (AvgIpc) is 2.74. The van der Waals surface area contributed by atoms with Gasteiger partial charge in [0.05, 0.1) is 17.6 Å². The smallest absolute Gasteiger partial charge is 0.407 e. The second-order valence-corrected chi connectivity index (χ2v) is 6.09. The van der Waals surface area contributed by atoms with Crippen LogP contribution in [-0.2, 0) is 16.7 Å². The van der Waals surface area contributed by atoms with Crippen molar-refractivity contribution in [1.29, 1.82) is 0 Å². The lowest BCUT2D eigenvalue weighted by Gasteiger charge is -2.34. The molecular formula is C13H22N4O2. The molecule has 0 saturated heterocycles. The van der Waals surface area contributed by atoms with Gasteiger partial charge in [0.2, 0.25) is 0 Å². The van der Waals surface area contributed by atoms with E-state index < -0.39 is 11.7 Å². The van der Waals surface area contributed by atoms with Gasteiger partial charge in [-0.25, -0.2) is 9.78 Å². The van der Waals surface area contributed by atoms with Crippen LogP contribution >= 0.6 is 0 Å². The van der Waals surface area contributed by atoms with E-state index in [-0.39, 0.29) is 5.54 Å². The average molecular weight is 266 g/mol. The summed E-state index contributed by atoms with van der Waals surface area (Å²) in [6.45, 7) is 8.88. The van der Waals surface area contributed by atoms with Crippen molar-refractivity contribution in [2.45, 2.75) is 45.3 Å². The quantitative estimate of drug-likeness (QED) is 0.754. The number of nitrogens with one attached hydrogen (secondary N) is 3. The summed E-state index contributed by atoms with van der Waals surface area (Å²) in [4.78, 5) is 19.2. The summed E-state index contributed by atoms with van der Waals surface area (Å²) in [5.74, 6) is 0. The van der Waals surface area contributed by atoms with Gasteiger partial charge in [-0.15, -0.1) is 0 Å². The van der Waals surface area contributed by atoms with Crippen LogP contribution in [0.1, 0.15) is 39.1 Å². The topological polar surface area (TPSA) is 79.0 Å². The summed E-state index contributed by atoms with van der Waals surface area (Å²) in [5.41, 5.74) is 1.26. The van der Waals surface area contributed by atoms with Crippen molar-refractivity contribution in [3.8, 4) is 0 Å². The van der Waals surface area contributed by atoms with Crippen molar-refractivity contribution >= 4 is 6.09 Å². The Balaban J connectivity index is 1.99. The van der Waals surface area contributed by atoms with Crippen LogP contribution in [0.4, 0.5) is 4.79 Å². The number of carbonyl (C=O) groups is 1. The minimum Gasteiger partial charge on any atom is -0.444 e. The number of fused-ring (bicyclic) bond motifs is 1. The lowest BCUT2D eigenvalue weighted by atomic mass is 9.91. The molecule has 0 saturated carbocycles. The van der Waals surface area contributed by atoms with Crippen LogP contribution in [0.2, 0.25) is 0 Å². The summed E-state index contributed by atoms with van der Waals surface area (Å²) in [6, 6.07) is 0. The Kier molecular flexibility index (Phi) is 3.54. The lowest BCUT2D eigenvalue weighted by Crippen LogP contribution is -2.53. The summed E-state index contributed by atoms with van der Waals surface area (Å²) >= 11 is 0. The molecule has 0 bridgehead atoms.